The van der Waals surface area contributed by atoms with Gasteiger partial charge in [-0.1, -0.05) is 152 Å². The maximum absolute atomic E-state index is 2.37. The van der Waals surface area contributed by atoms with E-state index in [0.717, 1.165) is 41.3 Å². The van der Waals surface area contributed by atoms with Gasteiger partial charge in [-0.3, -0.25) is 0 Å². The third kappa shape index (κ3) is 6.97. The van der Waals surface area contributed by atoms with Crippen LogP contribution in [-0.2, 0) is 0 Å². The van der Waals surface area contributed by atoms with E-state index in [1.54, 1.807) is 0 Å². The Labute approximate surface area is 400 Å². The zero-order valence-corrected chi connectivity index (χ0v) is 38.2. The molecule has 0 atom stereocenters. The molecular formula is C64H45N3S. The Hall–Kier alpha value is -8.44. The Bertz CT molecular complexity index is 3560. The summed E-state index contributed by atoms with van der Waals surface area (Å²) in [7, 11) is 0. The Morgan fingerprint density at radius 2 is 0.676 bits per heavy atom. The number of benzene rings is 9. The van der Waals surface area contributed by atoms with E-state index in [1.807, 2.05) is 11.3 Å². The highest BCUT2D eigenvalue weighted by Crippen LogP contribution is 2.41. The van der Waals surface area contributed by atoms with Crippen LogP contribution < -0.4 is 4.90 Å². The van der Waals surface area contributed by atoms with Gasteiger partial charge in [0.25, 0.3) is 0 Å². The van der Waals surface area contributed by atoms with Crippen molar-refractivity contribution in [1.82, 2.24) is 9.13 Å². The first-order valence-electron chi connectivity index (χ1n) is 23.5. The van der Waals surface area contributed by atoms with Crippen molar-refractivity contribution in [2.45, 2.75) is 12.8 Å². The quantitative estimate of drug-likeness (QED) is 0.141. The molecule has 0 radical (unpaired) electrons. The molecule has 0 fully saturated rings. The number of thiophene rings is 1. The molecule has 0 aliphatic heterocycles. The lowest BCUT2D eigenvalue weighted by molar-refractivity contribution is 1.04. The fourth-order valence-electron chi connectivity index (χ4n) is 10.3. The van der Waals surface area contributed by atoms with Crippen molar-refractivity contribution in [1.29, 1.82) is 0 Å². The van der Waals surface area contributed by atoms with Crippen LogP contribution in [0.5, 0.6) is 0 Å². The molecule has 13 rings (SSSR count). The van der Waals surface area contributed by atoms with E-state index in [9.17, 15) is 0 Å². The fourth-order valence-corrected chi connectivity index (χ4v) is 11.3. The molecule has 0 amide bonds. The molecule has 0 unspecified atom stereocenters. The molecule has 9 aromatic carbocycles. The van der Waals surface area contributed by atoms with Crippen LogP contribution in [0, 0.1) is 0 Å². The largest absolute Gasteiger partial charge is 0.311 e. The summed E-state index contributed by atoms with van der Waals surface area (Å²) in [5, 5.41) is 5.08. The summed E-state index contributed by atoms with van der Waals surface area (Å²) in [6.07, 6.45) is 9.14. The number of hydrogen-bond donors (Lipinski definition) is 0. The van der Waals surface area contributed by atoms with Crippen molar-refractivity contribution >= 4 is 77.6 Å². The second-order valence-electron chi connectivity index (χ2n) is 17.6. The number of fused-ring (bicyclic) bond motifs is 6. The summed E-state index contributed by atoms with van der Waals surface area (Å²) in [5.74, 6) is 0. The van der Waals surface area contributed by atoms with Gasteiger partial charge in [0.1, 0.15) is 0 Å². The minimum absolute atomic E-state index is 1.10. The zero-order valence-electron chi connectivity index (χ0n) is 37.3. The highest BCUT2D eigenvalue weighted by Gasteiger charge is 2.17. The molecule has 322 valence electrons. The fraction of sp³-hybridized carbons (Fsp3) is 0.0312. The lowest BCUT2D eigenvalue weighted by Gasteiger charge is -2.26. The van der Waals surface area contributed by atoms with Gasteiger partial charge >= 0.3 is 0 Å². The number of nitrogens with zero attached hydrogens (tertiary/aromatic N) is 3. The van der Waals surface area contributed by atoms with Crippen molar-refractivity contribution < 1.29 is 0 Å². The van der Waals surface area contributed by atoms with Crippen LogP contribution in [0.25, 0.3) is 93.3 Å². The van der Waals surface area contributed by atoms with E-state index in [0.29, 0.717) is 0 Å². The van der Waals surface area contributed by atoms with Crippen molar-refractivity contribution in [3.63, 3.8) is 0 Å². The van der Waals surface area contributed by atoms with E-state index in [-0.39, 0.29) is 0 Å². The van der Waals surface area contributed by atoms with Crippen LogP contribution in [0.15, 0.2) is 249 Å². The summed E-state index contributed by atoms with van der Waals surface area (Å²) in [4.78, 5) is 4.97. The molecule has 3 aromatic heterocycles. The van der Waals surface area contributed by atoms with Crippen molar-refractivity contribution in [3.8, 4) is 44.1 Å². The number of hydrogen-bond acceptors (Lipinski definition) is 2. The first kappa shape index (κ1) is 39.9. The van der Waals surface area contributed by atoms with E-state index in [4.69, 9.17) is 0 Å². The second kappa shape index (κ2) is 16.8. The van der Waals surface area contributed by atoms with Crippen LogP contribution in [0.2, 0.25) is 0 Å². The standard InChI is InChI=1S/C64H45N3S/c1-2-12-48(13-3-1)63-42-43-64(68-63)49-30-40-52(41-31-49)65(50-32-22-44(23-33-50)46-26-36-53(37-27-46)66-59-18-8-4-14-55(59)56-15-5-9-19-60(56)66)51-34-24-45(25-35-51)47-28-38-54(39-29-47)67-61-20-10-6-16-57(61)58-17-7-11-21-62(58)67/h2,4-43H,1,3H2. The van der Waals surface area contributed by atoms with Crippen LogP contribution in [0.3, 0.4) is 0 Å². The molecule has 12 aromatic rings. The molecule has 0 bridgehead atoms. The Morgan fingerprint density at radius 1 is 0.324 bits per heavy atom. The van der Waals surface area contributed by atoms with Gasteiger partial charge in [-0.15, -0.1) is 11.3 Å². The third-order valence-electron chi connectivity index (χ3n) is 13.6. The topological polar surface area (TPSA) is 13.1 Å². The third-order valence-corrected chi connectivity index (χ3v) is 14.8. The van der Waals surface area contributed by atoms with Crippen molar-refractivity contribution in [3.05, 3.63) is 254 Å². The lowest BCUT2D eigenvalue weighted by atomic mass is 10.0. The van der Waals surface area contributed by atoms with Gasteiger partial charge < -0.3 is 14.0 Å². The maximum Gasteiger partial charge on any atom is 0.0541 e. The van der Waals surface area contributed by atoms with Crippen LogP contribution in [0.4, 0.5) is 17.1 Å². The van der Waals surface area contributed by atoms with Crippen molar-refractivity contribution in [2.75, 3.05) is 4.90 Å². The van der Waals surface area contributed by atoms with E-state index >= 15 is 0 Å². The molecule has 1 aliphatic carbocycles. The number of anilines is 3. The summed E-state index contributed by atoms with van der Waals surface area (Å²) in [5.41, 5.74) is 17.8. The van der Waals surface area contributed by atoms with Gasteiger partial charge in [0.15, 0.2) is 0 Å². The van der Waals surface area contributed by atoms with Gasteiger partial charge in [0, 0.05) is 59.7 Å². The average molecular weight is 888 g/mol. The molecule has 4 heteroatoms. The SMILES string of the molecule is C1=CC(c2ccc(-c3ccc(N(c4ccc(-c5ccc(-n6c7ccccc7c7ccccc76)cc5)cc4)c4ccc(-c5ccc(-n6c7ccccc7c7ccccc76)cc5)cc4)cc3)s2)=CCC1. The first-order valence-corrected chi connectivity index (χ1v) is 24.3. The molecule has 0 saturated heterocycles. The van der Waals surface area contributed by atoms with Gasteiger partial charge in [-0.05, 0) is 143 Å². The normalized spacial score (nSPS) is 12.6. The predicted octanol–water partition coefficient (Wildman–Crippen LogP) is 18.1. The zero-order chi connectivity index (χ0) is 45.0. The molecule has 0 N–H and O–H groups in total. The van der Waals surface area contributed by atoms with Crippen LogP contribution >= 0.6 is 11.3 Å². The summed E-state index contributed by atoms with van der Waals surface area (Å²) in [6.45, 7) is 0. The number of allylic oxidation sites excluding steroid dienone is 4. The monoisotopic (exact) mass is 887 g/mol. The Balaban J connectivity index is 0.822. The summed E-state index contributed by atoms with van der Waals surface area (Å²) < 4.78 is 4.74. The molecular weight excluding hydrogens is 843 g/mol. The van der Waals surface area contributed by atoms with E-state index in [2.05, 4.69) is 263 Å². The first-order chi connectivity index (χ1) is 33.7. The number of rotatable bonds is 9. The highest BCUT2D eigenvalue weighted by atomic mass is 32.1. The smallest absolute Gasteiger partial charge is 0.0541 e. The van der Waals surface area contributed by atoms with Gasteiger partial charge in [0.05, 0.1) is 22.1 Å². The predicted molar refractivity (Wildman–Crippen MR) is 290 cm³/mol. The van der Waals surface area contributed by atoms with Crippen LogP contribution in [-0.4, -0.2) is 9.13 Å². The van der Waals surface area contributed by atoms with E-state index in [1.165, 1.54) is 86.8 Å². The summed E-state index contributed by atoms with van der Waals surface area (Å²) in [6, 6.07) is 84.3. The number of aromatic nitrogens is 2. The number of para-hydroxylation sites is 4. The second-order valence-corrected chi connectivity index (χ2v) is 18.7. The Morgan fingerprint density at radius 3 is 1.06 bits per heavy atom. The van der Waals surface area contributed by atoms with Gasteiger partial charge in [-0.2, -0.15) is 0 Å². The molecule has 0 spiro atoms. The van der Waals surface area contributed by atoms with Crippen LogP contribution in [0.1, 0.15) is 17.7 Å². The molecule has 0 saturated carbocycles. The molecule has 3 nitrogen and oxygen atoms in total. The Kier molecular flexibility index (Phi) is 9.84. The molecule has 68 heavy (non-hydrogen) atoms. The van der Waals surface area contributed by atoms with Gasteiger partial charge in [0.2, 0.25) is 0 Å². The minimum atomic E-state index is 1.10. The highest BCUT2D eigenvalue weighted by molar-refractivity contribution is 7.16. The van der Waals surface area contributed by atoms with E-state index < -0.39 is 0 Å². The molecule has 1 aliphatic rings. The van der Waals surface area contributed by atoms with Crippen molar-refractivity contribution in [2.24, 2.45) is 0 Å². The minimum Gasteiger partial charge on any atom is -0.311 e. The summed E-state index contributed by atoms with van der Waals surface area (Å²) >= 11 is 1.86. The van der Waals surface area contributed by atoms with Gasteiger partial charge in [-0.25, -0.2) is 0 Å². The average Bonchev–Trinajstić information content (AvgIpc) is 4.14. The molecule has 3 heterocycles. The lowest BCUT2D eigenvalue weighted by Crippen LogP contribution is -2.09. The maximum atomic E-state index is 2.37.